The predicted octanol–water partition coefficient (Wildman–Crippen LogP) is 4.38. The minimum atomic E-state index is -1.04. The SMILES string of the molecule is CC1=CC(CCc2ccc(F)cc2CNC(=O)NC2CC2)=C(Br)C(=O)B1c1cc(C(=O)O)ccc1C. The molecule has 2 aliphatic rings. The van der Waals surface area contributed by atoms with Gasteiger partial charge in [0.05, 0.1) is 10.0 Å². The van der Waals surface area contributed by atoms with Crippen molar-refractivity contribution in [1.29, 1.82) is 0 Å². The molecule has 0 spiro atoms. The Morgan fingerprint density at radius 2 is 1.86 bits per heavy atom. The van der Waals surface area contributed by atoms with Crippen molar-refractivity contribution in [3.63, 3.8) is 0 Å². The summed E-state index contributed by atoms with van der Waals surface area (Å²) in [6, 6.07) is 9.34. The van der Waals surface area contributed by atoms with E-state index in [1.54, 1.807) is 18.2 Å². The second-order valence-corrected chi connectivity index (χ2v) is 10.2. The van der Waals surface area contributed by atoms with Crippen molar-refractivity contribution >= 4 is 45.8 Å². The number of halogens is 2. The van der Waals surface area contributed by atoms with Crippen LogP contribution in [-0.4, -0.2) is 35.5 Å². The van der Waals surface area contributed by atoms with Crippen LogP contribution in [0.4, 0.5) is 9.18 Å². The zero-order valence-corrected chi connectivity index (χ0v) is 21.7. The third-order valence-corrected chi connectivity index (χ3v) is 7.54. The van der Waals surface area contributed by atoms with Crippen molar-refractivity contribution in [2.24, 2.45) is 0 Å². The smallest absolute Gasteiger partial charge is 0.335 e. The minimum Gasteiger partial charge on any atom is -0.478 e. The van der Waals surface area contributed by atoms with Gasteiger partial charge in [0.1, 0.15) is 11.5 Å². The number of amides is 2. The van der Waals surface area contributed by atoms with Gasteiger partial charge in [-0.3, -0.25) is 0 Å². The zero-order valence-electron chi connectivity index (χ0n) is 20.2. The molecule has 1 fully saturated rings. The highest BCUT2D eigenvalue weighted by atomic mass is 79.9. The Morgan fingerprint density at radius 3 is 2.56 bits per heavy atom. The lowest BCUT2D eigenvalue weighted by Gasteiger charge is -2.23. The standard InChI is InChI=1S/C27H27BBrFN2O4/c1-15-3-4-19(26(34)35)13-23(15)28-16(2)11-18(24(29)25(28)33)6-5-17-7-8-21(30)12-20(17)14-31-27(36)32-22-9-10-22/h3-4,7-8,11-13,22H,5-6,9-10,14H2,1-2H3,(H,34,35)(H2,31,32,36). The maximum Gasteiger partial charge on any atom is 0.335 e. The molecule has 3 N–H and O–H groups in total. The number of carboxylic acids is 1. The average Bonchev–Trinajstić information content (AvgIpc) is 3.65. The highest BCUT2D eigenvalue weighted by Crippen LogP contribution is 2.29. The number of carbonyl (C=O) groups is 3. The lowest BCUT2D eigenvalue weighted by molar-refractivity contribution is -0.108. The second-order valence-electron chi connectivity index (χ2n) is 9.42. The van der Waals surface area contributed by atoms with E-state index >= 15 is 0 Å². The maximum atomic E-state index is 13.9. The minimum absolute atomic E-state index is 0.117. The molecule has 2 aromatic carbocycles. The molecule has 0 radical (unpaired) electrons. The Bertz CT molecular complexity index is 1300. The molecule has 0 bridgehead atoms. The van der Waals surface area contributed by atoms with Crippen molar-refractivity contribution in [1.82, 2.24) is 10.6 Å². The molecule has 2 aromatic rings. The van der Waals surface area contributed by atoms with Crippen LogP contribution in [-0.2, 0) is 17.8 Å². The maximum absolute atomic E-state index is 13.9. The third-order valence-electron chi connectivity index (χ3n) is 6.64. The number of carbonyl (C=O) groups excluding carboxylic acids is 2. The van der Waals surface area contributed by atoms with Crippen LogP contribution in [0.5, 0.6) is 0 Å². The number of benzene rings is 2. The molecule has 1 heterocycles. The number of urea groups is 1. The van der Waals surface area contributed by atoms with Crippen LogP contribution >= 0.6 is 15.9 Å². The Kier molecular flexibility index (Phi) is 7.78. The van der Waals surface area contributed by atoms with Gasteiger partial charge in [0.25, 0.3) is 6.71 Å². The first-order chi connectivity index (χ1) is 17.1. The summed E-state index contributed by atoms with van der Waals surface area (Å²) < 4.78 is 14.4. The quantitative estimate of drug-likeness (QED) is 0.423. The van der Waals surface area contributed by atoms with E-state index in [0.29, 0.717) is 28.4 Å². The van der Waals surface area contributed by atoms with Crippen molar-refractivity contribution in [3.05, 3.63) is 86.1 Å². The summed E-state index contributed by atoms with van der Waals surface area (Å²) in [5.41, 5.74) is 4.81. The lowest BCUT2D eigenvalue weighted by atomic mass is 9.35. The second kappa shape index (κ2) is 10.8. The van der Waals surface area contributed by atoms with Crippen LogP contribution in [0.2, 0.25) is 0 Å². The van der Waals surface area contributed by atoms with Crippen molar-refractivity contribution in [3.8, 4) is 0 Å². The molecular weight excluding hydrogens is 526 g/mol. The fourth-order valence-electron chi connectivity index (χ4n) is 4.48. The van der Waals surface area contributed by atoms with Gasteiger partial charge in [0, 0.05) is 12.6 Å². The monoisotopic (exact) mass is 552 g/mol. The molecule has 186 valence electrons. The Morgan fingerprint density at radius 1 is 1.11 bits per heavy atom. The highest BCUT2D eigenvalue weighted by Gasteiger charge is 2.35. The van der Waals surface area contributed by atoms with E-state index < -0.39 is 12.7 Å². The van der Waals surface area contributed by atoms with Gasteiger partial charge in [-0.2, -0.15) is 0 Å². The fraction of sp³-hybridized carbons (Fsp3) is 0.296. The Labute approximate surface area is 218 Å². The summed E-state index contributed by atoms with van der Waals surface area (Å²) in [6.07, 6.45) is 5.03. The van der Waals surface area contributed by atoms with E-state index in [-0.39, 0.29) is 35.7 Å². The molecule has 0 unspecified atom stereocenters. The van der Waals surface area contributed by atoms with Gasteiger partial charge in [0.15, 0.2) is 0 Å². The van der Waals surface area contributed by atoms with Crippen molar-refractivity contribution < 1.29 is 23.9 Å². The first kappa shape index (κ1) is 25.9. The molecule has 6 nitrogen and oxygen atoms in total. The molecule has 2 amide bonds. The van der Waals surface area contributed by atoms with Crippen LogP contribution < -0.4 is 16.1 Å². The van der Waals surface area contributed by atoms with Crippen LogP contribution in [0.15, 0.2) is 58.0 Å². The third kappa shape index (κ3) is 5.95. The summed E-state index contributed by atoms with van der Waals surface area (Å²) in [4.78, 5) is 36.8. The number of rotatable bonds is 8. The number of carboxylic acid groups (broad SMARTS) is 1. The molecule has 0 atom stereocenters. The Hall–Kier alpha value is -3.20. The summed E-state index contributed by atoms with van der Waals surface area (Å²) >= 11 is 3.48. The molecular formula is C27H27BBrFN2O4. The van der Waals surface area contributed by atoms with Gasteiger partial charge in [0.2, 0.25) is 0 Å². The number of allylic oxidation sites excluding steroid dienone is 4. The van der Waals surface area contributed by atoms with Crippen LogP contribution in [0.3, 0.4) is 0 Å². The number of hydrogen-bond acceptors (Lipinski definition) is 3. The van der Waals surface area contributed by atoms with Crippen LogP contribution in [0.25, 0.3) is 0 Å². The predicted molar refractivity (Wildman–Crippen MR) is 141 cm³/mol. The fourth-order valence-corrected chi connectivity index (χ4v) is 5.02. The molecule has 1 aliphatic heterocycles. The van der Waals surface area contributed by atoms with Crippen molar-refractivity contribution in [2.45, 2.75) is 52.1 Å². The van der Waals surface area contributed by atoms with E-state index in [9.17, 15) is 23.9 Å². The summed E-state index contributed by atoms with van der Waals surface area (Å²) in [5, 5.41) is 15.0. The zero-order chi connectivity index (χ0) is 26.0. The van der Waals surface area contributed by atoms with Gasteiger partial charge in [-0.15, -0.1) is 0 Å². The van der Waals surface area contributed by atoms with E-state index in [2.05, 4.69) is 26.6 Å². The van der Waals surface area contributed by atoms with Gasteiger partial charge >= 0.3 is 12.0 Å². The van der Waals surface area contributed by atoms with E-state index in [1.165, 1.54) is 18.2 Å². The molecule has 0 aromatic heterocycles. The summed E-state index contributed by atoms with van der Waals surface area (Å²) in [7, 11) is 0. The number of aromatic carboxylic acids is 1. The van der Waals surface area contributed by atoms with E-state index in [4.69, 9.17) is 0 Å². The topological polar surface area (TPSA) is 95.5 Å². The largest absolute Gasteiger partial charge is 0.478 e. The highest BCUT2D eigenvalue weighted by molar-refractivity contribution is 9.12. The molecule has 1 aliphatic carbocycles. The van der Waals surface area contributed by atoms with Crippen LogP contribution in [0.1, 0.15) is 53.2 Å². The first-order valence-electron chi connectivity index (χ1n) is 11.9. The average molecular weight is 553 g/mol. The molecule has 9 heteroatoms. The van der Waals surface area contributed by atoms with Gasteiger partial charge < -0.3 is 20.5 Å². The first-order valence-corrected chi connectivity index (χ1v) is 12.7. The molecule has 36 heavy (non-hydrogen) atoms. The number of nitrogens with one attached hydrogen (secondary N) is 2. The van der Waals surface area contributed by atoms with Crippen LogP contribution in [0, 0.1) is 12.7 Å². The molecule has 0 saturated heterocycles. The Balaban J connectivity index is 1.50. The molecule has 4 rings (SSSR count). The van der Waals surface area contributed by atoms with Gasteiger partial charge in [-0.05, 0) is 83.4 Å². The van der Waals surface area contributed by atoms with E-state index in [0.717, 1.165) is 35.0 Å². The van der Waals surface area contributed by atoms with Gasteiger partial charge in [-0.1, -0.05) is 47.7 Å². The van der Waals surface area contributed by atoms with Crippen molar-refractivity contribution in [2.75, 3.05) is 0 Å². The summed E-state index contributed by atoms with van der Waals surface area (Å²) in [5.74, 6) is -1.41. The molecule has 1 saturated carbocycles. The number of hydrogen-bond donors (Lipinski definition) is 3. The number of aryl methyl sites for hydroxylation is 2. The summed E-state index contributed by atoms with van der Waals surface area (Å²) in [6.45, 7) is 3.39. The lowest BCUT2D eigenvalue weighted by Crippen LogP contribution is -2.44. The normalized spacial score (nSPS) is 15.6. The van der Waals surface area contributed by atoms with Gasteiger partial charge in [-0.25, -0.2) is 14.0 Å². The van der Waals surface area contributed by atoms with E-state index in [1.807, 2.05) is 19.9 Å².